The molecule has 0 radical (unpaired) electrons. The Morgan fingerprint density at radius 1 is 1.20 bits per heavy atom. The maximum absolute atomic E-state index is 13.0. The molecule has 3 aliphatic rings. The summed E-state index contributed by atoms with van der Waals surface area (Å²) in [5, 5.41) is 5.70. The first-order chi connectivity index (χ1) is 12.1. The zero-order valence-electron chi connectivity index (χ0n) is 14.1. The monoisotopic (exact) mass is 342 g/mol. The quantitative estimate of drug-likeness (QED) is 0.767. The molecule has 0 bridgehead atoms. The number of carbonyl (C=O) groups is 3. The zero-order valence-corrected chi connectivity index (χ0v) is 14.1. The summed E-state index contributed by atoms with van der Waals surface area (Å²) in [6, 6.07) is 5.38. The Balaban J connectivity index is 1.56. The fraction of sp³-hybridized carbons (Fsp3) is 0.500. The van der Waals surface area contributed by atoms with E-state index in [1.807, 2.05) is 18.2 Å². The molecule has 4 rings (SSSR count). The van der Waals surface area contributed by atoms with Gasteiger partial charge in [0.05, 0.1) is 0 Å². The molecule has 0 aliphatic carbocycles. The number of benzene rings is 1. The van der Waals surface area contributed by atoms with E-state index in [2.05, 4.69) is 15.5 Å². The molecule has 1 atom stereocenters. The van der Waals surface area contributed by atoms with Crippen LogP contribution in [-0.2, 0) is 22.7 Å². The number of fused-ring (bicyclic) bond motifs is 1. The normalized spacial score (nSPS) is 24.4. The first kappa shape index (κ1) is 16.2. The van der Waals surface area contributed by atoms with Gasteiger partial charge in [0.25, 0.3) is 5.91 Å². The van der Waals surface area contributed by atoms with Crippen LogP contribution in [-0.4, -0.2) is 53.3 Å². The number of amides is 3. The van der Waals surface area contributed by atoms with Crippen LogP contribution in [0.2, 0.25) is 0 Å². The minimum atomic E-state index is -0.554. The van der Waals surface area contributed by atoms with E-state index in [0.29, 0.717) is 13.0 Å². The Bertz CT molecular complexity index is 727. The van der Waals surface area contributed by atoms with Crippen LogP contribution >= 0.6 is 0 Å². The van der Waals surface area contributed by atoms with Crippen LogP contribution in [0.3, 0.4) is 0 Å². The lowest BCUT2D eigenvalue weighted by Crippen LogP contribution is -2.52. The van der Waals surface area contributed by atoms with Crippen molar-refractivity contribution in [3.05, 3.63) is 34.9 Å². The lowest BCUT2D eigenvalue weighted by molar-refractivity contribution is -0.136. The molecule has 25 heavy (non-hydrogen) atoms. The van der Waals surface area contributed by atoms with Crippen LogP contribution < -0.4 is 10.6 Å². The summed E-state index contributed by atoms with van der Waals surface area (Å²) in [5.74, 6) is -0.715. The lowest BCUT2D eigenvalue weighted by atomic mass is 10.0. The minimum absolute atomic E-state index is 0.0925. The molecule has 132 valence electrons. The van der Waals surface area contributed by atoms with Gasteiger partial charge in [0.2, 0.25) is 11.8 Å². The molecule has 1 unspecified atom stereocenters. The average Bonchev–Trinajstić information content (AvgIpc) is 2.94. The summed E-state index contributed by atoms with van der Waals surface area (Å²) in [6.45, 7) is 4.04. The van der Waals surface area contributed by atoms with E-state index >= 15 is 0 Å². The SMILES string of the molecule is O=C1CCC(N2Cc3cccc(CN4CCCNC4)c3C2=O)C(=O)N1. The van der Waals surface area contributed by atoms with Gasteiger partial charge in [-0.3, -0.25) is 24.6 Å². The average molecular weight is 342 g/mol. The van der Waals surface area contributed by atoms with Gasteiger partial charge in [-0.2, -0.15) is 0 Å². The second-order valence-corrected chi connectivity index (χ2v) is 6.92. The van der Waals surface area contributed by atoms with Gasteiger partial charge in [0, 0.05) is 38.3 Å². The van der Waals surface area contributed by atoms with Crippen LogP contribution in [0.15, 0.2) is 18.2 Å². The molecule has 2 saturated heterocycles. The van der Waals surface area contributed by atoms with Crippen LogP contribution in [0, 0.1) is 0 Å². The van der Waals surface area contributed by atoms with Gasteiger partial charge in [0.15, 0.2) is 0 Å². The fourth-order valence-electron chi connectivity index (χ4n) is 3.94. The number of imide groups is 1. The van der Waals surface area contributed by atoms with Gasteiger partial charge in [-0.15, -0.1) is 0 Å². The van der Waals surface area contributed by atoms with E-state index < -0.39 is 6.04 Å². The number of nitrogens with one attached hydrogen (secondary N) is 2. The summed E-state index contributed by atoms with van der Waals surface area (Å²) >= 11 is 0. The van der Waals surface area contributed by atoms with Crippen LogP contribution in [0.4, 0.5) is 0 Å². The number of hydrogen-bond acceptors (Lipinski definition) is 5. The molecule has 3 heterocycles. The topological polar surface area (TPSA) is 81.8 Å². The van der Waals surface area contributed by atoms with E-state index in [9.17, 15) is 14.4 Å². The third-order valence-electron chi connectivity index (χ3n) is 5.20. The summed E-state index contributed by atoms with van der Waals surface area (Å²) < 4.78 is 0. The highest BCUT2D eigenvalue weighted by Gasteiger charge is 2.40. The Kier molecular flexibility index (Phi) is 4.27. The maximum Gasteiger partial charge on any atom is 0.255 e. The Labute approximate surface area is 146 Å². The molecule has 7 heteroatoms. The number of rotatable bonds is 3. The molecule has 0 spiro atoms. The number of nitrogens with zero attached hydrogens (tertiary/aromatic N) is 2. The zero-order chi connectivity index (χ0) is 17.4. The first-order valence-corrected chi connectivity index (χ1v) is 8.82. The lowest BCUT2D eigenvalue weighted by Gasteiger charge is -2.29. The van der Waals surface area contributed by atoms with Gasteiger partial charge >= 0.3 is 0 Å². The molecule has 2 N–H and O–H groups in total. The molecule has 0 aromatic heterocycles. The Hall–Kier alpha value is -2.25. The predicted molar refractivity (Wildman–Crippen MR) is 90.4 cm³/mol. The third-order valence-corrected chi connectivity index (χ3v) is 5.20. The summed E-state index contributed by atoms with van der Waals surface area (Å²) in [4.78, 5) is 40.4. The highest BCUT2D eigenvalue weighted by molar-refractivity contribution is 6.05. The second-order valence-electron chi connectivity index (χ2n) is 6.92. The van der Waals surface area contributed by atoms with Crippen molar-refractivity contribution in [2.24, 2.45) is 0 Å². The van der Waals surface area contributed by atoms with Crippen LogP contribution in [0.1, 0.15) is 40.7 Å². The summed E-state index contributed by atoms with van der Waals surface area (Å²) in [7, 11) is 0. The fourth-order valence-corrected chi connectivity index (χ4v) is 3.94. The molecule has 3 amide bonds. The van der Waals surface area contributed by atoms with Crippen LogP contribution in [0.25, 0.3) is 0 Å². The molecule has 0 saturated carbocycles. The summed E-state index contributed by atoms with van der Waals surface area (Å²) in [6.07, 6.45) is 1.78. The molecule has 7 nitrogen and oxygen atoms in total. The van der Waals surface area contributed by atoms with Gasteiger partial charge < -0.3 is 10.2 Å². The predicted octanol–water partition coefficient (Wildman–Crippen LogP) is 0.200. The maximum atomic E-state index is 13.0. The number of hydrogen-bond donors (Lipinski definition) is 2. The van der Waals surface area contributed by atoms with Crippen molar-refractivity contribution in [2.45, 2.75) is 38.4 Å². The number of piperidine rings is 1. The van der Waals surface area contributed by atoms with Crippen molar-refractivity contribution < 1.29 is 14.4 Å². The highest BCUT2D eigenvalue weighted by Crippen LogP contribution is 2.30. The van der Waals surface area contributed by atoms with E-state index in [1.54, 1.807) is 4.90 Å². The second kappa shape index (κ2) is 6.57. The van der Waals surface area contributed by atoms with Crippen molar-refractivity contribution in [2.75, 3.05) is 19.8 Å². The molecule has 1 aromatic rings. The van der Waals surface area contributed by atoms with E-state index in [-0.39, 0.29) is 24.1 Å². The van der Waals surface area contributed by atoms with Crippen molar-refractivity contribution in [3.63, 3.8) is 0 Å². The van der Waals surface area contributed by atoms with Gasteiger partial charge in [-0.25, -0.2) is 0 Å². The minimum Gasteiger partial charge on any atom is -0.322 e. The summed E-state index contributed by atoms with van der Waals surface area (Å²) in [5.41, 5.74) is 2.72. The standard InChI is InChI=1S/C18H22N4O3/c23-15-6-5-14(17(24)20-15)22-10-13-4-1-3-12(16(13)18(22)25)9-21-8-2-7-19-11-21/h1,3-4,14,19H,2,5-11H2,(H,20,23,24). The first-order valence-electron chi connectivity index (χ1n) is 8.82. The largest absolute Gasteiger partial charge is 0.322 e. The van der Waals surface area contributed by atoms with Gasteiger partial charge in [-0.1, -0.05) is 18.2 Å². The molecule has 3 aliphatic heterocycles. The van der Waals surface area contributed by atoms with Crippen molar-refractivity contribution in [3.8, 4) is 0 Å². The van der Waals surface area contributed by atoms with Crippen molar-refractivity contribution >= 4 is 17.7 Å². The molecule has 1 aromatic carbocycles. The number of carbonyl (C=O) groups excluding carboxylic acids is 3. The van der Waals surface area contributed by atoms with Gasteiger partial charge in [-0.05, 0) is 30.5 Å². The van der Waals surface area contributed by atoms with E-state index in [4.69, 9.17) is 0 Å². The van der Waals surface area contributed by atoms with Crippen molar-refractivity contribution in [1.29, 1.82) is 0 Å². The smallest absolute Gasteiger partial charge is 0.255 e. The van der Waals surface area contributed by atoms with E-state index in [0.717, 1.165) is 49.4 Å². The Morgan fingerprint density at radius 3 is 2.84 bits per heavy atom. The third kappa shape index (κ3) is 3.05. The van der Waals surface area contributed by atoms with E-state index in [1.165, 1.54) is 0 Å². The molecular weight excluding hydrogens is 320 g/mol. The Morgan fingerprint density at radius 2 is 2.08 bits per heavy atom. The van der Waals surface area contributed by atoms with Crippen LogP contribution in [0.5, 0.6) is 0 Å². The van der Waals surface area contributed by atoms with Gasteiger partial charge in [0.1, 0.15) is 6.04 Å². The molecular formula is C18H22N4O3. The highest BCUT2D eigenvalue weighted by atomic mass is 16.2. The molecule has 2 fully saturated rings. The van der Waals surface area contributed by atoms with Crippen molar-refractivity contribution in [1.82, 2.24) is 20.4 Å².